The van der Waals surface area contributed by atoms with Gasteiger partial charge in [0.1, 0.15) is 22.3 Å². The van der Waals surface area contributed by atoms with E-state index in [4.69, 9.17) is 23.8 Å². The average molecular weight is 692 g/mol. The minimum absolute atomic E-state index is 0.582. The molecule has 8 aromatic carbocycles. The molecule has 0 aliphatic heterocycles. The minimum atomic E-state index is 0.582. The van der Waals surface area contributed by atoms with Crippen LogP contribution in [0.5, 0.6) is 0 Å². The summed E-state index contributed by atoms with van der Waals surface area (Å²) in [7, 11) is 0. The largest absolute Gasteiger partial charge is 0.456 e. The number of para-hydroxylation sites is 2. The van der Waals surface area contributed by atoms with Gasteiger partial charge in [-0.1, -0.05) is 146 Å². The smallest absolute Gasteiger partial charge is 0.164 e. The lowest BCUT2D eigenvalue weighted by Crippen LogP contribution is -2.00. The first kappa shape index (κ1) is 30.3. The van der Waals surface area contributed by atoms with E-state index in [1.54, 1.807) is 0 Å². The first-order chi connectivity index (χ1) is 26.7. The summed E-state index contributed by atoms with van der Waals surface area (Å²) in [4.78, 5) is 15.5. The quantitative estimate of drug-likeness (QED) is 0.180. The average Bonchev–Trinajstić information content (AvgIpc) is 3.81. The Morgan fingerprint density at radius 1 is 0.315 bits per heavy atom. The molecule has 11 aromatic rings. The van der Waals surface area contributed by atoms with Crippen LogP contribution in [0, 0.1) is 0 Å². The van der Waals surface area contributed by atoms with Gasteiger partial charge in [-0.15, -0.1) is 0 Å². The van der Waals surface area contributed by atoms with Crippen molar-refractivity contribution in [1.29, 1.82) is 0 Å². The van der Waals surface area contributed by atoms with Gasteiger partial charge < -0.3 is 8.83 Å². The van der Waals surface area contributed by atoms with Crippen molar-refractivity contribution in [2.75, 3.05) is 0 Å². The van der Waals surface area contributed by atoms with E-state index in [9.17, 15) is 0 Å². The fourth-order valence-corrected chi connectivity index (χ4v) is 7.82. The van der Waals surface area contributed by atoms with Gasteiger partial charge in [0, 0.05) is 43.8 Å². The summed E-state index contributed by atoms with van der Waals surface area (Å²) < 4.78 is 12.7. The van der Waals surface area contributed by atoms with Crippen LogP contribution in [0.4, 0.5) is 0 Å². The van der Waals surface area contributed by atoms with Gasteiger partial charge in [-0.3, -0.25) is 0 Å². The van der Waals surface area contributed by atoms with Crippen LogP contribution >= 0.6 is 0 Å². The summed E-state index contributed by atoms with van der Waals surface area (Å²) >= 11 is 0. The van der Waals surface area contributed by atoms with Crippen LogP contribution in [0.15, 0.2) is 185 Å². The van der Waals surface area contributed by atoms with Crippen molar-refractivity contribution in [3.8, 4) is 56.4 Å². The molecule has 252 valence electrons. The van der Waals surface area contributed by atoms with Crippen molar-refractivity contribution >= 4 is 54.6 Å². The molecule has 11 rings (SSSR count). The number of hydrogen-bond donors (Lipinski definition) is 0. The number of fused-ring (bicyclic) bond motifs is 7. The van der Waals surface area contributed by atoms with Crippen molar-refractivity contribution in [3.05, 3.63) is 176 Å². The lowest BCUT2D eigenvalue weighted by atomic mass is 9.92. The number of aromatic nitrogens is 3. The molecule has 0 unspecified atom stereocenters. The van der Waals surface area contributed by atoms with Crippen LogP contribution in [-0.2, 0) is 0 Å². The van der Waals surface area contributed by atoms with E-state index in [1.807, 2.05) is 48.5 Å². The van der Waals surface area contributed by atoms with Crippen molar-refractivity contribution in [2.24, 2.45) is 0 Å². The molecule has 5 heteroatoms. The highest BCUT2D eigenvalue weighted by molar-refractivity contribution is 6.20. The molecule has 3 aromatic heterocycles. The van der Waals surface area contributed by atoms with Crippen molar-refractivity contribution < 1.29 is 8.83 Å². The van der Waals surface area contributed by atoms with Crippen molar-refractivity contribution in [3.63, 3.8) is 0 Å². The Morgan fingerprint density at radius 2 is 0.852 bits per heavy atom. The zero-order valence-electron chi connectivity index (χ0n) is 28.9. The zero-order chi connectivity index (χ0) is 35.6. The monoisotopic (exact) mass is 691 g/mol. The molecule has 5 nitrogen and oxygen atoms in total. The van der Waals surface area contributed by atoms with Gasteiger partial charge in [-0.05, 0) is 57.8 Å². The Bertz CT molecular complexity index is 3210. The fourth-order valence-electron chi connectivity index (χ4n) is 7.82. The molecule has 0 saturated carbocycles. The highest BCUT2D eigenvalue weighted by Gasteiger charge is 2.20. The molecule has 0 atom stereocenters. The maximum Gasteiger partial charge on any atom is 0.164 e. The Hall–Kier alpha value is -7.37. The highest BCUT2D eigenvalue weighted by Crippen LogP contribution is 2.43. The van der Waals surface area contributed by atoms with E-state index in [1.165, 1.54) is 0 Å². The second-order valence-corrected chi connectivity index (χ2v) is 13.6. The summed E-state index contributed by atoms with van der Waals surface area (Å²) in [5.41, 5.74) is 10.5. The first-order valence-corrected chi connectivity index (χ1v) is 18.0. The number of furan rings is 2. The molecular formula is C49H29N3O2. The molecule has 0 radical (unpaired) electrons. The first-order valence-electron chi connectivity index (χ1n) is 18.0. The van der Waals surface area contributed by atoms with Gasteiger partial charge in [0.05, 0.1) is 0 Å². The molecule has 0 amide bonds. The Morgan fingerprint density at radius 3 is 1.65 bits per heavy atom. The fraction of sp³-hybridized carbons (Fsp3) is 0. The lowest BCUT2D eigenvalue weighted by molar-refractivity contribution is 0.669. The highest BCUT2D eigenvalue weighted by atomic mass is 16.3. The van der Waals surface area contributed by atoms with Gasteiger partial charge in [-0.2, -0.15) is 0 Å². The molecule has 0 bridgehead atoms. The van der Waals surface area contributed by atoms with Gasteiger partial charge >= 0.3 is 0 Å². The summed E-state index contributed by atoms with van der Waals surface area (Å²) in [6.07, 6.45) is 0. The predicted molar refractivity (Wildman–Crippen MR) is 219 cm³/mol. The van der Waals surface area contributed by atoms with E-state index in [2.05, 4.69) is 127 Å². The number of hydrogen-bond acceptors (Lipinski definition) is 5. The summed E-state index contributed by atoms with van der Waals surface area (Å²) in [5, 5.41) is 6.46. The Labute approximate surface area is 309 Å². The predicted octanol–water partition coefficient (Wildman–Crippen LogP) is 13.2. The van der Waals surface area contributed by atoms with Gasteiger partial charge in [0.15, 0.2) is 17.5 Å². The molecule has 3 heterocycles. The van der Waals surface area contributed by atoms with E-state index in [0.717, 1.165) is 93.6 Å². The Balaban J connectivity index is 1.14. The van der Waals surface area contributed by atoms with Crippen LogP contribution in [0.25, 0.3) is 111 Å². The van der Waals surface area contributed by atoms with Gasteiger partial charge in [0.2, 0.25) is 0 Å². The Kier molecular flexibility index (Phi) is 6.79. The van der Waals surface area contributed by atoms with E-state index >= 15 is 0 Å². The molecule has 0 fully saturated rings. The summed E-state index contributed by atoms with van der Waals surface area (Å²) in [6, 6.07) is 60.4. The van der Waals surface area contributed by atoms with E-state index in [-0.39, 0.29) is 0 Å². The molecule has 0 aliphatic carbocycles. The molecule has 0 aliphatic rings. The summed E-state index contributed by atoms with van der Waals surface area (Å²) in [5.74, 6) is 1.76. The second-order valence-electron chi connectivity index (χ2n) is 13.6. The second kappa shape index (κ2) is 12.1. The molecule has 0 N–H and O–H groups in total. The third kappa shape index (κ3) is 4.90. The molecule has 0 saturated heterocycles. The third-order valence-electron chi connectivity index (χ3n) is 10.3. The maximum atomic E-state index is 6.42. The van der Waals surface area contributed by atoms with Crippen LogP contribution in [0.3, 0.4) is 0 Å². The SMILES string of the molecule is c1ccc(-c2ccc(-c3nc(-c4cccc(-c5c6ccccc6cc6oc7ccccc7c56)c4)nc(-c4cccc5oc6ccccc6c45)n3)cc2)cc1. The van der Waals surface area contributed by atoms with Crippen LogP contribution in [0.1, 0.15) is 0 Å². The summed E-state index contributed by atoms with van der Waals surface area (Å²) in [6.45, 7) is 0. The van der Waals surface area contributed by atoms with E-state index < -0.39 is 0 Å². The number of nitrogens with zero attached hydrogens (tertiary/aromatic N) is 3. The van der Waals surface area contributed by atoms with Crippen LogP contribution in [0.2, 0.25) is 0 Å². The molecule has 0 spiro atoms. The van der Waals surface area contributed by atoms with Gasteiger partial charge in [0.25, 0.3) is 0 Å². The minimum Gasteiger partial charge on any atom is -0.456 e. The standard InChI is InChI=1S/C49H29N3O2/c1-2-12-30(13-3-1)31-24-26-32(27-25-31)47-50-48(52-49(51-47)39-20-11-23-42-45(39)37-18-6-8-21-40(37)53-42)35-16-10-15-34(28-35)44-36-17-5-4-14-33(36)29-43-46(44)38-19-7-9-22-41(38)54-43/h1-29H. The van der Waals surface area contributed by atoms with Crippen LogP contribution < -0.4 is 0 Å². The molecule has 54 heavy (non-hydrogen) atoms. The van der Waals surface area contributed by atoms with Crippen LogP contribution in [-0.4, -0.2) is 15.0 Å². The lowest BCUT2D eigenvalue weighted by Gasteiger charge is -2.12. The number of rotatable bonds is 5. The molecular weight excluding hydrogens is 663 g/mol. The topological polar surface area (TPSA) is 65.0 Å². The normalized spacial score (nSPS) is 11.7. The van der Waals surface area contributed by atoms with Gasteiger partial charge in [-0.25, -0.2) is 15.0 Å². The zero-order valence-corrected chi connectivity index (χ0v) is 28.9. The van der Waals surface area contributed by atoms with E-state index in [0.29, 0.717) is 17.5 Å². The maximum absolute atomic E-state index is 6.42. The van der Waals surface area contributed by atoms with Crippen molar-refractivity contribution in [2.45, 2.75) is 0 Å². The van der Waals surface area contributed by atoms with Crippen molar-refractivity contribution in [1.82, 2.24) is 15.0 Å². The third-order valence-corrected chi connectivity index (χ3v) is 10.3. The number of benzene rings is 8.